The quantitative estimate of drug-likeness (QED) is 0.200. The third kappa shape index (κ3) is 3.29. The van der Waals surface area contributed by atoms with Crippen molar-refractivity contribution in [2.24, 2.45) is 0 Å². The van der Waals surface area contributed by atoms with Crippen LogP contribution in [0.4, 0.5) is 0 Å². The van der Waals surface area contributed by atoms with Crippen LogP contribution in [0.25, 0.3) is 82.5 Å². The van der Waals surface area contributed by atoms with Crippen LogP contribution in [-0.2, 0) is 5.41 Å². The number of benzene rings is 7. The number of hydrogen-bond donors (Lipinski definition) is 0. The Bertz CT molecular complexity index is 2670. The van der Waals surface area contributed by atoms with E-state index < -0.39 is 0 Å². The monoisotopic (exact) mass is 575 g/mol. The van der Waals surface area contributed by atoms with Crippen molar-refractivity contribution in [3.8, 4) is 27.9 Å². The standard InChI is InChI=1S/C43H29NO/c1-43(2)36-13-7-5-11-31(36)33-21-22-34-40-30-10-4-3-9-27(30)17-23-37(40)44(42(34)41(33)43)29-19-15-26(16-20-29)28-18-24-39-35(25-28)32-12-6-8-14-38(32)45-39/h3-25H,1-2H3. The lowest BCUT2D eigenvalue weighted by Gasteiger charge is -2.23. The Morgan fingerprint density at radius 3 is 2.16 bits per heavy atom. The molecule has 7 aromatic carbocycles. The Morgan fingerprint density at radius 1 is 0.533 bits per heavy atom. The van der Waals surface area contributed by atoms with Crippen LogP contribution in [0.1, 0.15) is 25.0 Å². The fourth-order valence-corrected chi connectivity index (χ4v) is 8.11. The summed E-state index contributed by atoms with van der Waals surface area (Å²) < 4.78 is 8.61. The Labute approximate surface area is 260 Å². The third-order valence-electron chi connectivity index (χ3n) is 10.2. The topological polar surface area (TPSA) is 18.1 Å². The van der Waals surface area contributed by atoms with Crippen LogP contribution < -0.4 is 0 Å². The Kier molecular flexibility index (Phi) is 4.82. The third-order valence-corrected chi connectivity index (χ3v) is 10.2. The summed E-state index contributed by atoms with van der Waals surface area (Å²) in [5.74, 6) is 0. The molecule has 45 heavy (non-hydrogen) atoms. The van der Waals surface area contributed by atoms with Crippen molar-refractivity contribution in [1.29, 1.82) is 0 Å². The molecule has 2 heteroatoms. The van der Waals surface area contributed by atoms with Gasteiger partial charge in [0.05, 0.1) is 11.0 Å². The van der Waals surface area contributed by atoms with Gasteiger partial charge in [0, 0.05) is 32.6 Å². The Hall–Kier alpha value is -5.60. The van der Waals surface area contributed by atoms with Crippen molar-refractivity contribution in [2.45, 2.75) is 19.3 Å². The van der Waals surface area contributed by atoms with Crippen LogP contribution in [0, 0.1) is 0 Å². The van der Waals surface area contributed by atoms with Crippen molar-refractivity contribution < 1.29 is 4.42 Å². The molecule has 2 aromatic heterocycles. The summed E-state index contributed by atoms with van der Waals surface area (Å²) in [5, 5.41) is 7.50. The summed E-state index contributed by atoms with van der Waals surface area (Å²) in [5.41, 5.74) is 13.3. The van der Waals surface area contributed by atoms with Crippen molar-refractivity contribution in [1.82, 2.24) is 4.57 Å². The van der Waals surface area contributed by atoms with Gasteiger partial charge in [-0.1, -0.05) is 117 Å². The summed E-state index contributed by atoms with van der Waals surface area (Å²) >= 11 is 0. The molecule has 212 valence electrons. The van der Waals surface area contributed by atoms with Gasteiger partial charge in [-0.15, -0.1) is 0 Å². The lowest BCUT2D eigenvalue weighted by atomic mass is 9.81. The molecule has 1 aliphatic rings. The van der Waals surface area contributed by atoms with Gasteiger partial charge in [-0.05, 0) is 80.6 Å². The molecule has 2 heterocycles. The predicted molar refractivity (Wildman–Crippen MR) is 189 cm³/mol. The largest absolute Gasteiger partial charge is 0.456 e. The van der Waals surface area contributed by atoms with Crippen molar-refractivity contribution >= 4 is 54.5 Å². The van der Waals surface area contributed by atoms with Gasteiger partial charge in [0.15, 0.2) is 0 Å². The number of fused-ring (bicyclic) bond motifs is 12. The number of hydrogen-bond acceptors (Lipinski definition) is 1. The summed E-state index contributed by atoms with van der Waals surface area (Å²) in [6, 6.07) is 50.9. The molecule has 0 saturated heterocycles. The molecule has 0 bridgehead atoms. The van der Waals surface area contributed by atoms with Gasteiger partial charge in [-0.2, -0.15) is 0 Å². The van der Waals surface area contributed by atoms with Crippen LogP contribution in [-0.4, -0.2) is 4.57 Å². The second-order valence-corrected chi connectivity index (χ2v) is 12.9. The molecule has 0 N–H and O–H groups in total. The molecular formula is C43H29NO. The fourth-order valence-electron chi connectivity index (χ4n) is 8.11. The van der Waals surface area contributed by atoms with E-state index in [1.54, 1.807) is 0 Å². The maximum Gasteiger partial charge on any atom is 0.135 e. The Balaban J connectivity index is 1.23. The first-order valence-corrected chi connectivity index (χ1v) is 15.7. The highest BCUT2D eigenvalue weighted by molar-refractivity contribution is 6.23. The zero-order valence-corrected chi connectivity index (χ0v) is 25.1. The zero-order valence-electron chi connectivity index (χ0n) is 25.1. The number of nitrogens with zero attached hydrogens (tertiary/aromatic N) is 1. The first-order valence-electron chi connectivity index (χ1n) is 15.7. The molecule has 0 amide bonds. The van der Waals surface area contributed by atoms with Crippen LogP contribution in [0.3, 0.4) is 0 Å². The van der Waals surface area contributed by atoms with Gasteiger partial charge in [0.1, 0.15) is 11.2 Å². The predicted octanol–water partition coefficient (Wildman–Crippen LogP) is 11.8. The second-order valence-electron chi connectivity index (χ2n) is 12.9. The summed E-state index contributed by atoms with van der Waals surface area (Å²) in [6.07, 6.45) is 0. The smallest absolute Gasteiger partial charge is 0.135 e. The molecule has 0 radical (unpaired) electrons. The molecule has 0 unspecified atom stereocenters. The van der Waals surface area contributed by atoms with E-state index in [1.165, 1.54) is 71.6 Å². The lowest BCUT2D eigenvalue weighted by molar-refractivity contribution is 0.664. The summed E-state index contributed by atoms with van der Waals surface area (Å²) in [6.45, 7) is 4.77. The van der Waals surface area contributed by atoms with E-state index in [2.05, 4.69) is 146 Å². The van der Waals surface area contributed by atoms with Crippen LogP contribution in [0.15, 0.2) is 144 Å². The average molecular weight is 576 g/mol. The summed E-state index contributed by atoms with van der Waals surface area (Å²) in [4.78, 5) is 0. The molecular weight excluding hydrogens is 546 g/mol. The molecule has 0 aliphatic heterocycles. The number of para-hydroxylation sites is 1. The Morgan fingerprint density at radius 2 is 1.27 bits per heavy atom. The minimum Gasteiger partial charge on any atom is -0.456 e. The molecule has 1 aliphatic carbocycles. The highest BCUT2D eigenvalue weighted by Crippen LogP contribution is 2.53. The van der Waals surface area contributed by atoms with Gasteiger partial charge in [-0.3, -0.25) is 0 Å². The SMILES string of the molecule is CC1(C)c2ccccc2-c2ccc3c4c5ccccc5ccc4n(-c4ccc(-c5ccc6oc7ccccc7c6c5)cc4)c3c21. The molecule has 0 saturated carbocycles. The number of aromatic nitrogens is 1. The van der Waals surface area contributed by atoms with Gasteiger partial charge in [0.2, 0.25) is 0 Å². The highest BCUT2D eigenvalue weighted by Gasteiger charge is 2.38. The maximum atomic E-state index is 6.10. The van der Waals surface area contributed by atoms with E-state index in [1.807, 2.05) is 12.1 Å². The van der Waals surface area contributed by atoms with E-state index in [0.717, 1.165) is 21.9 Å². The lowest BCUT2D eigenvalue weighted by Crippen LogP contribution is -2.16. The van der Waals surface area contributed by atoms with Gasteiger partial charge < -0.3 is 8.98 Å². The normalized spacial score (nSPS) is 13.7. The molecule has 9 aromatic rings. The molecule has 10 rings (SSSR count). The molecule has 0 fully saturated rings. The zero-order chi connectivity index (χ0) is 29.9. The van der Waals surface area contributed by atoms with E-state index >= 15 is 0 Å². The first kappa shape index (κ1) is 24.8. The van der Waals surface area contributed by atoms with E-state index in [9.17, 15) is 0 Å². The van der Waals surface area contributed by atoms with Gasteiger partial charge >= 0.3 is 0 Å². The van der Waals surface area contributed by atoms with Crippen molar-refractivity contribution in [2.75, 3.05) is 0 Å². The molecule has 0 spiro atoms. The van der Waals surface area contributed by atoms with E-state index in [-0.39, 0.29) is 5.41 Å². The minimum absolute atomic E-state index is 0.129. The first-order chi connectivity index (χ1) is 22.1. The van der Waals surface area contributed by atoms with Gasteiger partial charge in [0.25, 0.3) is 0 Å². The van der Waals surface area contributed by atoms with Gasteiger partial charge in [-0.25, -0.2) is 0 Å². The van der Waals surface area contributed by atoms with Crippen LogP contribution in [0.5, 0.6) is 0 Å². The molecule has 2 nitrogen and oxygen atoms in total. The highest BCUT2D eigenvalue weighted by atomic mass is 16.3. The molecule has 0 atom stereocenters. The van der Waals surface area contributed by atoms with Crippen molar-refractivity contribution in [3.05, 3.63) is 151 Å². The minimum atomic E-state index is -0.129. The summed E-state index contributed by atoms with van der Waals surface area (Å²) in [7, 11) is 0. The average Bonchev–Trinajstić information content (AvgIpc) is 3.70. The maximum absolute atomic E-state index is 6.10. The van der Waals surface area contributed by atoms with Crippen LogP contribution in [0.2, 0.25) is 0 Å². The van der Waals surface area contributed by atoms with Crippen molar-refractivity contribution in [3.63, 3.8) is 0 Å². The number of rotatable bonds is 2. The number of furan rings is 1. The second kappa shape index (κ2) is 8.74. The van der Waals surface area contributed by atoms with Crippen LogP contribution >= 0.6 is 0 Å². The van der Waals surface area contributed by atoms with E-state index in [0.29, 0.717) is 0 Å². The fraction of sp³-hybridized carbons (Fsp3) is 0.0698. The van der Waals surface area contributed by atoms with E-state index in [4.69, 9.17) is 4.42 Å².